The molecule has 0 aliphatic carbocycles. The van der Waals surface area contributed by atoms with Gasteiger partial charge in [0.05, 0.1) is 37.4 Å². The molecule has 4 aromatic rings. The maximum absolute atomic E-state index is 5.56. The molecular formula is C21H17N5O2. The number of hydrogen-bond acceptors (Lipinski definition) is 6. The first-order valence-corrected chi connectivity index (χ1v) is 8.77. The Labute approximate surface area is 161 Å². The van der Waals surface area contributed by atoms with Crippen LogP contribution in [0.4, 0.5) is 11.5 Å². The van der Waals surface area contributed by atoms with Crippen molar-refractivity contribution < 1.29 is 9.47 Å². The average molecular weight is 371 g/mol. The molecule has 138 valence electrons. The van der Waals surface area contributed by atoms with Crippen LogP contribution >= 0.6 is 0 Å². The molecule has 7 nitrogen and oxygen atoms in total. The van der Waals surface area contributed by atoms with Crippen molar-refractivity contribution in [1.29, 1.82) is 0 Å². The van der Waals surface area contributed by atoms with Crippen molar-refractivity contribution in [1.82, 2.24) is 19.9 Å². The van der Waals surface area contributed by atoms with E-state index in [0.29, 0.717) is 11.6 Å². The normalized spacial score (nSPS) is 11.5. The molecule has 0 saturated heterocycles. The summed E-state index contributed by atoms with van der Waals surface area (Å²) >= 11 is 0. The van der Waals surface area contributed by atoms with Crippen LogP contribution in [0.3, 0.4) is 0 Å². The molecule has 0 spiro atoms. The lowest BCUT2D eigenvalue weighted by Gasteiger charge is -2.09. The lowest BCUT2D eigenvalue weighted by Crippen LogP contribution is -1.96. The van der Waals surface area contributed by atoms with Crippen LogP contribution in [0.5, 0.6) is 11.5 Å². The largest absolute Gasteiger partial charge is 0.497 e. The van der Waals surface area contributed by atoms with Gasteiger partial charge in [0.1, 0.15) is 28.8 Å². The van der Waals surface area contributed by atoms with Gasteiger partial charge in [0, 0.05) is 29.6 Å². The first-order valence-electron chi connectivity index (χ1n) is 8.77. The molecule has 0 atom stereocenters. The zero-order valence-electron chi connectivity index (χ0n) is 15.4. The zero-order valence-corrected chi connectivity index (χ0v) is 15.4. The summed E-state index contributed by atoms with van der Waals surface area (Å²) in [5, 5.41) is 3.36. The smallest absolute Gasteiger partial charge is 0.142 e. The molecule has 0 saturated carbocycles. The fraction of sp³-hybridized carbons (Fsp3) is 0.0952. The lowest BCUT2D eigenvalue weighted by molar-refractivity contribution is 0.395. The number of fused-ring (bicyclic) bond motifs is 5. The number of rotatable bonds is 3. The first kappa shape index (κ1) is 16.3. The Morgan fingerprint density at radius 2 is 1.86 bits per heavy atom. The van der Waals surface area contributed by atoms with Gasteiger partial charge in [0.15, 0.2) is 0 Å². The second kappa shape index (κ2) is 6.38. The number of imidazole rings is 1. The van der Waals surface area contributed by atoms with Gasteiger partial charge in [-0.3, -0.25) is 4.98 Å². The van der Waals surface area contributed by atoms with E-state index in [4.69, 9.17) is 14.5 Å². The lowest BCUT2D eigenvalue weighted by atomic mass is 10.1. The van der Waals surface area contributed by atoms with Gasteiger partial charge in [-0.25, -0.2) is 9.97 Å². The summed E-state index contributed by atoms with van der Waals surface area (Å²) in [5.41, 5.74) is 5.36. The van der Waals surface area contributed by atoms with E-state index in [2.05, 4.69) is 20.3 Å². The Morgan fingerprint density at radius 1 is 0.929 bits per heavy atom. The molecular weight excluding hydrogens is 354 g/mol. The number of hydrogen-bond donors (Lipinski definition) is 2. The molecule has 1 aliphatic rings. The molecule has 0 radical (unpaired) electrons. The highest BCUT2D eigenvalue weighted by atomic mass is 16.5. The number of H-pyrrole nitrogens is 1. The fourth-order valence-corrected chi connectivity index (χ4v) is 3.42. The van der Waals surface area contributed by atoms with Gasteiger partial charge in [-0.1, -0.05) is 0 Å². The summed E-state index contributed by atoms with van der Waals surface area (Å²) in [6, 6.07) is 11.5. The Morgan fingerprint density at radius 3 is 2.71 bits per heavy atom. The number of ether oxygens (including phenoxy) is 2. The van der Waals surface area contributed by atoms with Crippen molar-refractivity contribution in [2.24, 2.45) is 0 Å². The predicted molar refractivity (Wildman–Crippen MR) is 107 cm³/mol. The molecule has 28 heavy (non-hydrogen) atoms. The third kappa shape index (κ3) is 2.48. The number of aromatic nitrogens is 4. The van der Waals surface area contributed by atoms with E-state index in [1.165, 1.54) is 0 Å². The van der Waals surface area contributed by atoms with E-state index in [1.807, 2.05) is 36.4 Å². The van der Waals surface area contributed by atoms with Crippen LogP contribution < -0.4 is 14.8 Å². The average Bonchev–Trinajstić information content (AvgIpc) is 3.13. The number of methoxy groups -OCH3 is 2. The molecule has 1 aliphatic heterocycles. The minimum Gasteiger partial charge on any atom is -0.497 e. The van der Waals surface area contributed by atoms with Gasteiger partial charge in [-0.05, 0) is 30.3 Å². The highest BCUT2D eigenvalue weighted by Gasteiger charge is 2.24. The van der Waals surface area contributed by atoms with Crippen molar-refractivity contribution in [2.75, 3.05) is 19.5 Å². The topological polar surface area (TPSA) is 85.0 Å². The van der Waals surface area contributed by atoms with Crippen LogP contribution in [0.1, 0.15) is 0 Å². The molecule has 3 aromatic heterocycles. The first-order chi connectivity index (χ1) is 13.8. The van der Waals surface area contributed by atoms with E-state index in [0.717, 1.165) is 45.3 Å². The summed E-state index contributed by atoms with van der Waals surface area (Å²) in [7, 11) is 3.27. The van der Waals surface area contributed by atoms with Crippen molar-refractivity contribution in [2.45, 2.75) is 0 Å². The molecule has 4 heterocycles. The minimum absolute atomic E-state index is 0.683. The van der Waals surface area contributed by atoms with Gasteiger partial charge < -0.3 is 19.8 Å². The van der Waals surface area contributed by atoms with Gasteiger partial charge in [0.25, 0.3) is 0 Å². The standard InChI is InChI=1S/C21H17N5O2/c1-27-12-5-6-14(17(10-12)28-2)21-25-18-13-7-9-22-11-16(13)24-20-15(19(18)26-21)4-3-8-23-20/h3-11H,1-2H3,(H,23,24)(H,25,26). The SMILES string of the molecule is COc1ccc(-c2nc3c([nH]2)-c2ccncc2Nc2ncccc2-3)c(OC)c1. The number of benzene rings is 1. The van der Waals surface area contributed by atoms with E-state index < -0.39 is 0 Å². The molecule has 0 unspecified atom stereocenters. The third-order valence-electron chi connectivity index (χ3n) is 4.77. The fourth-order valence-electron chi connectivity index (χ4n) is 3.42. The number of nitrogens with zero attached hydrogens (tertiary/aromatic N) is 3. The summed E-state index contributed by atoms with van der Waals surface area (Å²) in [6.07, 6.45) is 5.31. The summed E-state index contributed by atoms with van der Waals surface area (Å²) < 4.78 is 10.9. The Bertz CT molecular complexity index is 1120. The third-order valence-corrected chi connectivity index (χ3v) is 4.77. The quantitative estimate of drug-likeness (QED) is 0.492. The minimum atomic E-state index is 0.683. The van der Waals surface area contributed by atoms with Crippen LogP contribution in [0.15, 0.2) is 55.0 Å². The van der Waals surface area contributed by atoms with E-state index in [-0.39, 0.29) is 0 Å². The van der Waals surface area contributed by atoms with Crippen LogP contribution in [-0.4, -0.2) is 34.2 Å². The second-order valence-corrected chi connectivity index (χ2v) is 6.32. The van der Waals surface area contributed by atoms with Gasteiger partial charge in [-0.15, -0.1) is 0 Å². The van der Waals surface area contributed by atoms with Crippen LogP contribution in [0.2, 0.25) is 0 Å². The van der Waals surface area contributed by atoms with E-state index in [1.54, 1.807) is 32.8 Å². The number of pyridine rings is 2. The summed E-state index contributed by atoms with van der Waals surface area (Å²) in [5.74, 6) is 2.87. The van der Waals surface area contributed by atoms with Crippen molar-refractivity contribution >= 4 is 11.5 Å². The van der Waals surface area contributed by atoms with Gasteiger partial charge in [-0.2, -0.15) is 0 Å². The Hall–Kier alpha value is -3.87. The monoisotopic (exact) mass is 371 g/mol. The van der Waals surface area contributed by atoms with Crippen LogP contribution in [-0.2, 0) is 0 Å². The molecule has 2 N–H and O–H groups in total. The molecule has 1 aromatic carbocycles. The Kier molecular flexibility index (Phi) is 3.72. The summed E-state index contributed by atoms with van der Waals surface area (Å²) in [4.78, 5) is 17.1. The van der Waals surface area contributed by atoms with Gasteiger partial charge in [0.2, 0.25) is 0 Å². The van der Waals surface area contributed by atoms with Gasteiger partial charge >= 0.3 is 0 Å². The van der Waals surface area contributed by atoms with Crippen LogP contribution in [0, 0.1) is 0 Å². The second-order valence-electron chi connectivity index (χ2n) is 6.32. The van der Waals surface area contributed by atoms with Crippen molar-refractivity contribution in [3.05, 3.63) is 55.0 Å². The van der Waals surface area contributed by atoms with E-state index >= 15 is 0 Å². The number of nitrogens with one attached hydrogen (secondary N) is 2. The highest BCUT2D eigenvalue weighted by Crippen LogP contribution is 2.43. The summed E-state index contributed by atoms with van der Waals surface area (Å²) in [6.45, 7) is 0. The maximum atomic E-state index is 5.56. The zero-order chi connectivity index (χ0) is 19.1. The number of aromatic amines is 1. The maximum Gasteiger partial charge on any atom is 0.142 e. The molecule has 5 rings (SSSR count). The molecule has 0 bridgehead atoms. The highest BCUT2D eigenvalue weighted by molar-refractivity contribution is 5.95. The van der Waals surface area contributed by atoms with Crippen molar-refractivity contribution in [3.63, 3.8) is 0 Å². The van der Waals surface area contributed by atoms with Crippen molar-refractivity contribution in [3.8, 4) is 45.4 Å². The molecule has 0 fully saturated rings. The number of anilines is 2. The molecule has 0 amide bonds. The Balaban J connectivity index is 1.76. The van der Waals surface area contributed by atoms with E-state index in [9.17, 15) is 0 Å². The molecule has 7 heteroatoms. The van der Waals surface area contributed by atoms with Crippen LogP contribution in [0.25, 0.3) is 33.9 Å². The predicted octanol–water partition coefficient (Wildman–Crippen LogP) is 4.27.